The topological polar surface area (TPSA) is 32.6 Å². The van der Waals surface area contributed by atoms with Gasteiger partial charge in [-0.25, -0.2) is 0 Å². The van der Waals surface area contributed by atoms with Crippen molar-refractivity contribution < 1.29 is 26.0 Å². The molecule has 0 bridgehead atoms. The molecular formula is C24H25Cl2NOZr. The summed E-state index contributed by atoms with van der Waals surface area (Å²) in [5.41, 5.74) is 3.43. The number of halogens is 2. The molecule has 150 valence electrons. The van der Waals surface area contributed by atoms with Crippen LogP contribution in [-0.2, 0) is 26.3 Å². The number of nitrogens with zero attached hydrogens (tertiary/aromatic N) is 1. The maximum absolute atomic E-state index is 11.1. The summed E-state index contributed by atoms with van der Waals surface area (Å²) < 4.78 is 0. The van der Waals surface area contributed by atoms with Crippen molar-refractivity contribution in [2.45, 2.75) is 32.2 Å². The van der Waals surface area contributed by atoms with Gasteiger partial charge in [-0.2, -0.15) is 0 Å². The second kappa shape index (κ2) is 11.7. The van der Waals surface area contributed by atoms with E-state index in [1.54, 1.807) is 6.21 Å². The minimum absolute atomic E-state index is 0.188. The Morgan fingerprint density at radius 1 is 0.862 bits per heavy atom. The molecule has 2 nitrogen and oxygen atoms in total. The third-order valence-electron chi connectivity index (χ3n) is 4.82. The van der Waals surface area contributed by atoms with Crippen LogP contribution in [0.4, 0.5) is 0 Å². The maximum atomic E-state index is 11.1. The summed E-state index contributed by atoms with van der Waals surface area (Å²) in [7, 11) is 9.87. The summed E-state index contributed by atoms with van der Waals surface area (Å²) in [6.45, 7) is 6.21. The van der Waals surface area contributed by atoms with Gasteiger partial charge in [-0.3, -0.25) is 4.99 Å². The third-order valence-corrected chi connectivity index (χ3v) is 4.82. The average molecular weight is 506 g/mol. The fourth-order valence-corrected chi connectivity index (χ4v) is 3.32. The van der Waals surface area contributed by atoms with Crippen molar-refractivity contribution in [1.29, 1.82) is 0 Å². The van der Waals surface area contributed by atoms with Crippen LogP contribution in [0.5, 0.6) is 5.75 Å². The van der Waals surface area contributed by atoms with Gasteiger partial charge in [0.05, 0.1) is 0 Å². The van der Waals surface area contributed by atoms with Crippen LogP contribution in [0, 0.1) is 0 Å². The molecule has 0 atom stereocenters. The molecule has 0 aromatic heterocycles. The molecule has 0 saturated carbocycles. The van der Waals surface area contributed by atoms with Crippen LogP contribution >= 0.6 is 17.0 Å². The fraction of sp³-hybridized carbons (Fsp3) is 0.208. The zero-order chi connectivity index (χ0) is 21.3. The average Bonchev–Trinajstić information content (AvgIpc) is 2.74. The molecule has 0 fully saturated rings. The zero-order valence-electron chi connectivity index (χ0n) is 16.8. The Balaban J connectivity index is 0.000000941. The van der Waals surface area contributed by atoms with E-state index in [2.05, 4.69) is 36.2 Å². The summed E-state index contributed by atoms with van der Waals surface area (Å²) in [4.78, 5) is 4.44. The molecule has 0 unspecified atom stereocenters. The van der Waals surface area contributed by atoms with Crippen molar-refractivity contribution in [3.05, 3.63) is 101 Å². The SMILES string of the molecule is CC(C)N=Cc1cccc(C(C)(c2ccccc2)c2ccccc2)c1O.[Cl][Zr][Cl]. The summed E-state index contributed by atoms with van der Waals surface area (Å²) in [5, 5.41) is 11.1. The molecule has 0 amide bonds. The Bertz CT molecular complexity index is 875. The molecule has 3 aromatic rings. The van der Waals surface area contributed by atoms with Crippen LogP contribution < -0.4 is 0 Å². The first-order valence-electron chi connectivity index (χ1n) is 9.38. The number of aromatic hydroxyl groups is 1. The summed E-state index contributed by atoms with van der Waals surface area (Å²) in [6.07, 6.45) is 1.76. The number of para-hydroxylation sites is 1. The van der Waals surface area contributed by atoms with Crippen molar-refractivity contribution in [2.24, 2.45) is 4.99 Å². The predicted octanol–water partition coefficient (Wildman–Crippen LogP) is 6.95. The van der Waals surface area contributed by atoms with E-state index >= 15 is 0 Å². The Morgan fingerprint density at radius 2 is 1.34 bits per heavy atom. The minimum atomic E-state index is -0.826. The van der Waals surface area contributed by atoms with E-state index in [1.165, 1.54) is 0 Å². The van der Waals surface area contributed by atoms with Crippen LogP contribution in [-0.4, -0.2) is 17.4 Å². The number of aliphatic imine (C=N–C) groups is 1. The predicted molar refractivity (Wildman–Crippen MR) is 121 cm³/mol. The van der Waals surface area contributed by atoms with Crippen LogP contribution in [0.1, 0.15) is 43.0 Å². The molecule has 0 saturated heterocycles. The van der Waals surface area contributed by atoms with Gasteiger partial charge in [0.15, 0.2) is 0 Å². The number of hydrogen-bond acceptors (Lipinski definition) is 2. The van der Waals surface area contributed by atoms with Gasteiger partial charge in [-0.05, 0) is 38.0 Å². The molecule has 0 heterocycles. The molecule has 3 aromatic carbocycles. The van der Waals surface area contributed by atoms with Crippen molar-refractivity contribution in [1.82, 2.24) is 0 Å². The number of benzene rings is 3. The van der Waals surface area contributed by atoms with Gasteiger partial charge >= 0.3 is 37.9 Å². The zero-order valence-corrected chi connectivity index (χ0v) is 20.8. The first-order valence-corrected chi connectivity index (χ1v) is 15.7. The monoisotopic (exact) mass is 503 g/mol. The normalized spacial score (nSPS) is 11.2. The fourth-order valence-electron chi connectivity index (χ4n) is 3.32. The molecule has 0 radical (unpaired) electrons. The van der Waals surface area contributed by atoms with Gasteiger partial charge in [0, 0.05) is 28.8 Å². The number of rotatable bonds is 5. The molecule has 5 heteroatoms. The van der Waals surface area contributed by atoms with Crippen molar-refractivity contribution in [2.75, 3.05) is 0 Å². The van der Waals surface area contributed by atoms with E-state index in [0.717, 1.165) is 22.3 Å². The molecule has 0 aliphatic rings. The van der Waals surface area contributed by atoms with Crippen molar-refractivity contribution in [3.8, 4) is 5.75 Å². The van der Waals surface area contributed by atoms with E-state index in [0.29, 0.717) is 0 Å². The first-order chi connectivity index (χ1) is 13.9. The van der Waals surface area contributed by atoms with E-state index in [9.17, 15) is 5.11 Å². The molecule has 0 spiro atoms. The quantitative estimate of drug-likeness (QED) is 0.295. The van der Waals surface area contributed by atoms with Crippen molar-refractivity contribution in [3.63, 3.8) is 0 Å². The number of hydrogen-bond donors (Lipinski definition) is 1. The Labute approximate surface area is 192 Å². The molecule has 29 heavy (non-hydrogen) atoms. The Morgan fingerprint density at radius 3 is 1.79 bits per heavy atom. The van der Waals surface area contributed by atoms with Crippen LogP contribution in [0.15, 0.2) is 83.9 Å². The van der Waals surface area contributed by atoms with Gasteiger partial charge in [0.2, 0.25) is 0 Å². The molecule has 0 aliphatic heterocycles. The Hall–Kier alpha value is -1.41. The number of phenolic OH excluding ortho intramolecular Hbond substituents is 1. The molecule has 3 rings (SSSR count). The van der Waals surface area contributed by atoms with E-state index in [4.69, 9.17) is 17.0 Å². The van der Waals surface area contributed by atoms with Crippen LogP contribution in [0.3, 0.4) is 0 Å². The second-order valence-electron chi connectivity index (χ2n) is 7.04. The van der Waals surface area contributed by atoms with Crippen molar-refractivity contribution >= 4 is 23.2 Å². The van der Waals surface area contributed by atoms with Gasteiger partial charge in [-0.1, -0.05) is 72.8 Å². The number of phenols is 1. The van der Waals surface area contributed by atoms with E-state index in [-0.39, 0.29) is 11.8 Å². The van der Waals surface area contributed by atoms with Gasteiger partial charge in [-0.15, -0.1) is 0 Å². The molecular weight excluding hydrogens is 480 g/mol. The third kappa shape index (κ3) is 6.04. The van der Waals surface area contributed by atoms with E-state index < -0.39 is 26.3 Å². The molecule has 1 N–H and O–H groups in total. The first kappa shape index (κ1) is 23.9. The Kier molecular flexibility index (Phi) is 9.63. The standard InChI is InChI=1S/C24H25NO.2ClH.Zr/c1-18(2)25-17-19-11-10-16-22(23(19)26)24(3,20-12-6-4-7-13-20)21-14-8-5-9-15-21;;;/h4-18,26H,1-3H3;2*1H;/q;;;+2/p-2. The van der Waals surface area contributed by atoms with E-state index in [1.807, 2.05) is 68.4 Å². The molecule has 0 aliphatic carbocycles. The summed E-state index contributed by atoms with van der Waals surface area (Å²) >= 11 is -0.826. The summed E-state index contributed by atoms with van der Waals surface area (Å²) in [5.74, 6) is 0.284. The van der Waals surface area contributed by atoms with Crippen LogP contribution in [0.2, 0.25) is 0 Å². The van der Waals surface area contributed by atoms with Gasteiger partial charge < -0.3 is 5.11 Å². The van der Waals surface area contributed by atoms with Crippen LogP contribution in [0.25, 0.3) is 0 Å². The van der Waals surface area contributed by atoms with Gasteiger partial charge in [0.25, 0.3) is 0 Å². The second-order valence-corrected chi connectivity index (χ2v) is 10.8. The van der Waals surface area contributed by atoms with Gasteiger partial charge in [0.1, 0.15) is 5.75 Å². The summed E-state index contributed by atoms with van der Waals surface area (Å²) in [6, 6.07) is 26.7.